The van der Waals surface area contributed by atoms with Crippen molar-refractivity contribution in [3.05, 3.63) is 34.9 Å². The fourth-order valence-corrected chi connectivity index (χ4v) is 5.51. The van der Waals surface area contributed by atoms with Gasteiger partial charge in [0.05, 0.1) is 11.5 Å². The summed E-state index contributed by atoms with van der Waals surface area (Å²) in [5.74, 6) is -10.9. The van der Waals surface area contributed by atoms with Crippen LogP contribution in [0.25, 0.3) is 6.08 Å². The van der Waals surface area contributed by atoms with Gasteiger partial charge in [0.1, 0.15) is 5.75 Å². The molecule has 0 spiro atoms. The van der Waals surface area contributed by atoms with Crippen molar-refractivity contribution in [2.75, 3.05) is 0 Å². The van der Waals surface area contributed by atoms with E-state index in [1.54, 1.807) is 26.0 Å². The monoisotopic (exact) mass is 467 g/mol. The van der Waals surface area contributed by atoms with Crippen LogP contribution in [0, 0.1) is 29.6 Å². The number of hydrogen-bond donors (Lipinski definition) is 3. The SMILES string of the molecule is CC(C)C(=O)C=Cc1ccc(O)c2c1C[C@H]1C[C@H]3CC(=O)C(C(N)=O)C(=O)[C@@]3(O)C(=O)C1C2=O. The van der Waals surface area contributed by atoms with Crippen molar-refractivity contribution in [3.8, 4) is 5.75 Å². The first-order valence-electron chi connectivity index (χ1n) is 11.1. The molecule has 2 fully saturated rings. The predicted molar refractivity (Wildman–Crippen MR) is 117 cm³/mol. The quantitative estimate of drug-likeness (QED) is 0.426. The molecule has 9 nitrogen and oxygen atoms in total. The fraction of sp³-hybridized carbons (Fsp3) is 0.440. The highest BCUT2D eigenvalue weighted by atomic mass is 16.3. The second-order valence-corrected chi connectivity index (χ2v) is 9.66. The number of aliphatic hydroxyl groups is 1. The number of fused-ring (bicyclic) bond motifs is 3. The van der Waals surface area contributed by atoms with Crippen LogP contribution < -0.4 is 5.73 Å². The maximum absolute atomic E-state index is 13.4. The number of carbonyl (C=O) groups is 6. The first kappa shape index (κ1) is 23.7. The standard InChI is InChI=1S/C25H25NO8/c1-10(2)15(27)5-3-11-4-6-16(28)19-14(11)8-12-7-13-9-17(29)20(24(26)33)23(32)25(13,34)22(31)18(12)21(19)30/h3-6,10,12-13,18,20,28,34H,7-9H2,1-2H3,(H2,26,33)/t12-,13+,18?,20?,25+/m1/s1. The van der Waals surface area contributed by atoms with E-state index >= 15 is 0 Å². The van der Waals surface area contributed by atoms with E-state index in [2.05, 4.69) is 0 Å². The number of Topliss-reactive ketones (excluding diaryl/α,β-unsaturated/α-hetero) is 4. The number of carbonyl (C=O) groups excluding carboxylic acids is 6. The zero-order chi connectivity index (χ0) is 25.1. The van der Waals surface area contributed by atoms with Crippen LogP contribution in [0.1, 0.15) is 48.2 Å². The molecule has 0 radical (unpaired) electrons. The molecule has 3 aliphatic carbocycles. The van der Waals surface area contributed by atoms with Crippen LogP contribution in [0.5, 0.6) is 5.75 Å². The highest BCUT2D eigenvalue weighted by molar-refractivity contribution is 6.31. The number of nitrogens with two attached hydrogens (primary N) is 1. The van der Waals surface area contributed by atoms with E-state index in [4.69, 9.17) is 5.73 Å². The van der Waals surface area contributed by atoms with Crippen molar-refractivity contribution in [1.29, 1.82) is 0 Å². The number of amides is 1. The van der Waals surface area contributed by atoms with Crippen LogP contribution >= 0.6 is 0 Å². The zero-order valence-corrected chi connectivity index (χ0v) is 18.7. The number of aromatic hydroxyl groups is 1. The predicted octanol–water partition coefficient (Wildman–Crippen LogP) is 0.565. The second-order valence-electron chi connectivity index (χ2n) is 9.66. The van der Waals surface area contributed by atoms with Gasteiger partial charge in [-0.05, 0) is 42.0 Å². The minimum atomic E-state index is -2.67. The third kappa shape index (κ3) is 3.34. The Labute approximate surface area is 195 Å². The van der Waals surface area contributed by atoms with E-state index in [-0.39, 0.29) is 42.3 Å². The van der Waals surface area contributed by atoms with Crippen LogP contribution in [0.2, 0.25) is 0 Å². The van der Waals surface area contributed by atoms with E-state index in [1.165, 1.54) is 12.1 Å². The van der Waals surface area contributed by atoms with Gasteiger partial charge < -0.3 is 15.9 Å². The highest BCUT2D eigenvalue weighted by Crippen LogP contribution is 2.50. The topological polar surface area (TPSA) is 169 Å². The van der Waals surface area contributed by atoms with Crippen molar-refractivity contribution >= 4 is 40.9 Å². The molecule has 3 aliphatic rings. The number of benzene rings is 1. The lowest BCUT2D eigenvalue weighted by Crippen LogP contribution is -2.68. The molecule has 1 aromatic carbocycles. The van der Waals surface area contributed by atoms with Crippen LogP contribution in [0.3, 0.4) is 0 Å². The number of hydrogen-bond acceptors (Lipinski definition) is 8. The molecule has 2 saturated carbocycles. The maximum atomic E-state index is 13.4. The Kier molecular flexibility index (Phi) is 5.64. The summed E-state index contributed by atoms with van der Waals surface area (Å²) in [5.41, 5.74) is 3.40. The van der Waals surface area contributed by atoms with Crippen LogP contribution in [-0.2, 0) is 30.4 Å². The normalized spacial score (nSPS) is 30.8. The summed E-state index contributed by atoms with van der Waals surface area (Å²) in [5, 5.41) is 21.6. The largest absolute Gasteiger partial charge is 0.507 e. The van der Waals surface area contributed by atoms with Gasteiger partial charge in [-0.1, -0.05) is 26.0 Å². The molecular formula is C25H25NO8. The lowest BCUT2D eigenvalue weighted by Gasteiger charge is -2.48. The third-order valence-corrected chi connectivity index (χ3v) is 7.32. The van der Waals surface area contributed by atoms with Crippen molar-refractivity contribution < 1.29 is 39.0 Å². The van der Waals surface area contributed by atoms with Crippen LogP contribution in [0.15, 0.2) is 18.2 Å². The molecule has 4 N–H and O–H groups in total. The molecule has 5 atom stereocenters. The first-order chi connectivity index (χ1) is 15.9. The Bertz CT molecular complexity index is 1200. The van der Waals surface area contributed by atoms with Gasteiger partial charge in [0.15, 0.2) is 40.4 Å². The second kappa shape index (κ2) is 8.09. The van der Waals surface area contributed by atoms with E-state index in [1.807, 2.05) is 0 Å². The summed E-state index contributed by atoms with van der Waals surface area (Å²) < 4.78 is 0. The van der Waals surface area contributed by atoms with Crippen molar-refractivity contribution in [2.24, 2.45) is 35.3 Å². The number of allylic oxidation sites excluding steroid dienone is 1. The average molecular weight is 467 g/mol. The molecule has 4 rings (SSSR count). The summed E-state index contributed by atoms with van der Waals surface area (Å²) in [6, 6.07) is 2.85. The van der Waals surface area contributed by atoms with Crippen molar-refractivity contribution in [1.82, 2.24) is 0 Å². The average Bonchev–Trinajstić information content (AvgIpc) is 2.75. The molecular weight excluding hydrogens is 442 g/mol. The number of ketones is 5. The van der Waals surface area contributed by atoms with Gasteiger partial charge in [-0.25, -0.2) is 0 Å². The van der Waals surface area contributed by atoms with Gasteiger partial charge in [0.2, 0.25) is 5.91 Å². The minimum Gasteiger partial charge on any atom is -0.507 e. The van der Waals surface area contributed by atoms with Gasteiger partial charge in [0.25, 0.3) is 0 Å². The number of primary amides is 1. The molecule has 1 amide bonds. The Morgan fingerprint density at radius 1 is 1.12 bits per heavy atom. The van der Waals surface area contributed by atoms with Gasteiger partial charge in [-0.15, -0.1) is 0 Å². The maximum Gasteiger partial charge on any atom is 0.235 e. The zero-order valence-electron chi connectivity index (χ0n) is 18.7. The lowest BCUT2D eigenvalue weighted by molar-refractivity contribution is -0.175. The van der Waals surface area contributed by atoms with Gasteiger partial charge in [-0.2, -0.15) is 0 Å². The molecule has 0 bridgehead atoms. The molecule has 0 heterocycles. The first-order valence-corrected chi connectivity index (χ1v) is 11.1. The molecule has 0 aliphatic heterocycles. The van der Waals surface area contributed by atoms with E-state index < -0.39 is 58.3 Å². The fourth-order valence-electron chi connectivity index (χ4n) is 5.51. The van der Waals surface area contributed by atoms with Gasteiger partial charge >= 0.3 is 0 Å². The third-order valence-electron chi connectivity index (χ3n) is 7.32. The molecule has 0 aromatic heterocycles. The Hall–Kier alpha value is -3.46. The molecule has 34 heavy (non-hydrogen) atoms. The summed E-state index contributed by atoms with van der Waals surface area (Å²) in [6.45, 7) is 3.49. The number of phenolic OH excluding ortho intramolecular Hbond substituents is 1. The van der Waals surface area contributed by atoms with Gasteiger partial charge in [0, 0.05) is 18.3 Å². The van der Waals surface area contributed by atoms with Crippen molar-refractivity contribution in [2.45, 2.75) is 38.7 Å². The smallest absolute Gasteiger partial charge is 0.235 e. The number of phenols is 1. The summed E-state index contributed by atoms with van der Waals surface area (Å²) >= 11 is 0. The molecule has 178 valence electrons. The van der Waals surface area contributed by atoms with Crippen molar-refractivity contribution in [3.63, 3.8) is 0 Å². The van der Waals surface area contributed by atoms with E-state index in [9.17, 15) is 39.0 Å². The Morgan fingerprint density at radius 3 is 2.41 bits per heavy atom. The lowest BCUT2D eigenvalue weighted by atomic mass is 9.53. The molecule has 0 saturated heterocycles. The van der Waals surface area contributed by atoms with Gasteiger partial charge in [-0.3, -0.25) is 28.8 Å². The Balaban J connectivity index is 1.77. The molecule has 9 heteroatoms. The van der Waals surface area contributed by atoms with Crippen LogP contribution in [-0.4, -0.2) is 50.6 Å². The minimum absolute atomic E-state index is 0.0186. The van der Waals surface area contributed by atoms with Crippen LogP contribution in [0.4, 0.5) is 0 Å². The summed E-state index contributed by atoms with van der Waals surface area (Å²) in [7, 11) is 0. The van der Waals surface area contributed by atoms with E-state index in [0.717, 1.165) is 0 Å². The molecule has 1 aromatic rings. The summed E-state index contributed by atoms with van der Waals surface area (Å²) in [4.78, 5) is 75.8. The molecule has 2 unspecified atom stereocenters. The Morgan fingerprint density at radius 2 is 1.79 bits per heavy atom. The van der Waals surface area contributed by atoms with E-state index in [0.29, 0.717) is 11.1 Å². The number of rotatable bonds is 4. The summed E-state index contributed by atoms with van der Waals surface area (Å²) in [6.07, 6.45) is 2.74. The highest BCUT2D eigenvalue weighted by Gasteiger charge is 2.66.